The van der Waals surface area contributed by atoms with Crippen molar-refractivity contribution in [3.63, 3.8) is 0 Å². The van der Waals surface area contributed by atoms with Crippen LogP contribution in [0.3, 0.4) is 0 Å². The molecule has 1 heterocycles. The quantitative estimate of drug-likeness (QED) is 0.784. The lowest BCUT2D eigenvalue weighted by molar-refractivity contribution is 0.594. The Morgan fingerprint density at radius 3 is 2.45 bits per heavy atom. The van der Waals surface area contributed by atoms with Crippen molar-refractivity contribution in [1.82, 2.24) is 9.71 Å². The number of anilines is 1. The van der Waals surface area contributed by atoms with E-state index in [1.807, 2.05) is 19.9 Å². The first kappa shape index (κ1) is 17.7. The fourth-order valence-electron chi connectivity index (χ4n) is 1.83. The summed E-state index contributed by atoms with van der Waals surface area (Å²) in [6.45, 7) is 16.3. The molecule has 118 valence electrons. The first-order valence-corrected chi connectivity index (χ1v) is 8.10. The molecule has 0 radical (unpaired) electrons. The number of nitrogens with one attached hydrogen (secondary N) is 1. The maximum atomic E-state index is 12.4. The summed E-state index contributed by atoms with van der Waals surface area (Å²) in [5, 5.41) is -0.164. The Bertz CT molecular complexity index is 734. The zero-order valence-electron chi connectivity index (χ0n) is 13.1. The van der Waals surface area contributed by atoms with Crippen molar-refractivity contribution in [3.8, 4) is 0 Å². The molecule has 0 unspecified atom stereocenters. The third-order valence-corrected chi connectivity index (χ3v) is 4.28. The first-order chi connectivity index (χ1) is 10.3. The van der Waals surface area contributed by atoms with Gasteiger partial charge in [-0.25, -0.2) is 4.98 Å². The topological polar surface area (TPSA) is 62.3 Å². The minimum atomic E-state index is -3.84. The van der Waals surface area contributed by atoms with Crippen molar-refractivity contribution in [2.75, 3.05) is 4.90 Å². The van der Waals surface area contributed by atoms with E-state index in [1.165, 1.54) is 17.2 Å². The number of sulfonamides is 1. The van der Waals surface area contributed by atoms with Gasteiger partial charge in [-0.3, -0.25) is 9.62 Å². The molecular weight excluding hydrogens is 298 g/mol. The summed E-state index contributed by atoms with van der Waals surface area (Å²) in [7, 11) is -3.84. The van der Waals surface area contributed by atoms with Crippen molar-refractivity contribution in [2.24, 2.45) is 0 Å². The Hall–Kier alpha value is -2.34. The summed E-state index contributed by atoms with van der Waals surface area (Å²) < 4.78 is 27.2. The Labute approximate surface area is 132 Å². The molecule has 1 aromatic rings. The van der Waals surface area contributed by atoms with Crippen LogP contribution in [-0.2, 0) is 10.0 Å². The molecule has 1 aromatic heterocycles. The molecule has 0 aromatic carbocycles. The normalized spacial score (nSPS) is 11.7. The predicted molar refractivity (Wildman–Crippen MR) is 91.5 cm³/mol. The number of rotatable bonds is 7. The smallest absolute Gasteiger partial charge is 0.277 e. The molecule has 5 nitrogen and oxygen atoms in total. The predicted octanol–water partition coefficient (Wildman–Crippen LogP) is 3.13. The lowest BCUT2D eigenvalue weighted by Crippen LogP contribution is -2.31. The van der Waals surface area contributed by atoms with Gasteiger partial charge >= 0.3 is 0 Å². The van der Waals surface area contributed by atoms with E-state index in [2.05, 4.69) is 29.4 Å². The van der Waals surface area contributed by atoms with E-state index in [1.54, 1.807) is 19.2 Å². The largest absolute Gasteiger partial charge is 0.291 e. The highest BCUT2D eigenvalue weighted by Gasteiger charge is 2.23. The number of aromatic nitrogens is 1. The fourth-order valence-corrected chi connectivity index (χ4v) is 2.88. The second-order valence-corrected chi connectivity index (χ2v) is 6.34. The van der Waals surface area contributed by atoms with Gasteiger partial charge in [0.15, 0.2) is 5.03 Å². The lowest BCUT2D eigenvalue weighted by Gasteiger charge is -2.23. The Kier molecular flexibility index (Phi) is 5.70. The van der Waals surface area contributed by atoms with E-state index < -0.39 is 10.0 Å². The van der Waals surface area contributed by atoms with Crippen LogP contribution in [0.4, 0.5) is 5.82 Å². The van der Waals surface area contributed by atoms with Crippen LogP contribution in [0.5, 0.6) is 0 Å². The number of allylic oxidation sites excluding steroid dienone is 2. The van der Waals surface area contributed by atoms with Crippen LogP contribution in [0.25, 0.3) is 0 Å². The second-order valence-electron chi connectivity index (χ2n) is 4.65. The van der Waals surface area contributed by atoms with Crippen molar-refractivity contribution >= 4 is 15.8 Å². The molecule has 0 aliphatic heterocycles. The SMILES string of the molecule is C=C/C(=C\C)NS(=O)(=O)C(=C)N(C=C)c1ncc(C)cc1C. The summed E-state index contributed by atoms with van der Waals surface area (Å²) in [5.41, 5.74) is 2.18. The second kappa shape index (κ2) is 7.09. The van der Waals surface area contributed by atoms with Gasteiger partial charge in [0.25, 0.3) is 10.0 Å². The third kappa shape index (κ3) is 3.85. The molecule has 1 rings (SSSR count). The van der Waals surface area contributed by atoms with Gasteiger partial charge in [0.1, 0.15) is 5.82 Å². The van der Waals surface area contributed by atoms with Crippen molar-refractivity contribution in [2.45, 2.75) is 20.8 Å². The summed E-state index contributed by atoms with van der Waals surface area (Å²) in [6.07, 6.45) is 6.05. The van der Waals surface area contributed by atoms with Crippen LogP contribution >= 0.6 is 0 Å². The van der Waals surface area contributed by atoms with Gasteiger partial charge < -0.3 is 0 Å². The summed E-state index contributed by atoms with van der Waals surface area (Å²) in [5.74, 6) is 0.469. The number of nitrogens with zero attached hydrogens (tertiary/aromatic N) is 2. The van der Waals surface area contributed by atoms with Crippen LogP contribution in [-0.4, -0.2) is 13.4 Å². The Morgan fingerprint density at radius 2 is 2.00 bits per heavy atom. The molecule has 0 bridgehead atoms. The highest BCUT2D eigenvalue weighted by atomic mass is 32.2. The zero-order chi connectivity index (χ0) is 16.9. The summed E-state index contributed by atoms with van der Waals surface area (Å²) in [4.78, 5) is 5.61. The number of hydrogen-bond donors (Lipinski definition) is 1. The van der Waals surface area contributed by atoms with Gasteiger partial charge in [0.05, 0.1) is 0 Å². The van der Waals surface area contributed by atoms with Crippen LogP contribution in [0, 0.1) is 13.8 Å². The van der Waals surface area contributed by atoms with Gasteiger partial charge in [-0.05, 0) is 38.0 Å². The van der Waals surface area contributed by atoms with E-state index >= 15 is 0 Å². The van der Waals surface area contributed by atoms with Gasteiger partial charge in [0.2, 0.25) is 0 Å². The molecule has 22 heavy (non-hydrogen) atoms. The number of pyridine rings is 1. The van der Waals surface area contributed by atoms with E-state index in [4.69, 9.17) is 0 Å². The van der Waals surface area contributed by atoms with Gasteiger partial charge in [-0.1, -0.05) is 31.9 Å². The van der Waals surface area contributed by atoms with E-state index in [-0.39, 0.29) is 5.03 Å². The number of aryl methyl sites for hydroxylation is 2. The molecule has 0 fully saturated rings. The average Bonchev–Trinajstić information content (AvgIpc) is 2.47. The van der Waals surface area contributed by atoms with Crippen LogP contribution in [0.1, 0.15) is 18.1 Å². The highest BCUT2D eigenvalue weighted by Crippen LogP contribution is 2.24. The third-order valence-electron chi connectivity index (χ3n) is 2.96. The van der Waals surface area contributed by atoms with Crippen molar-refractivity contribution in [1.29, 1.82) is 0 Å². The van der Waals surface area contributed by atoms with E-state index in [9.17, 15) is 8.42 Å². The molecule has 1 N–H and O–H groups in total. The maximum Gasteiger partial charge on any atom is 0.277 e. The van der Waals surface area contributed by atoms with E-state index in [0.29, 0.717) is 11.5 Å². The molecule has 0 aliphatic carbocycles. The number of hydrogen-bond acceptors (Lipinski definition) is 4. The molecule has 0 amide bonds. The minimum absolute atomic E-state index is 0.164. The molecule has 0 atom stereocenters. The monoisotopic (exact) mass is 319 g/mol. The minimum Gasteiger partial charge on any atom is -0.291 e. The molecule has 0 aliphatic rings. The fraction of sp³-hybridized carbons (Fsp3) is 0.188. The zero-order valence-corrected chi connectivity index (χ0v) is 13.9. The molecule has 0 spiro atoms. The molecular formula is C16H21N3O2S. The lowest BCUT2D eigenvalue weighted by atomic mass is 10.2. The summed E-state index contributed by atoms with van der Waals surface area (Å²) in [6, 6.07) is 1.91. The van der Waals surface area contributed by atoms with Crippen molar-refractivity contribution in [3.05, 3.63) is 72.2 Å². The van der Waals surface area contributed by atoms with E-state index in [0.717, 1.165) is 11.1 Å². The average molecular weight is 319 g/mol. The van der Waals surface area contributed by atoms with Crippen LogP contribution in [0.15, 0.2) is 61.1 Å². The maximum absolute atomic E-state index is 12.4. The van der Waals surface area contributed by atoms with Gasteiger partial charge in [-0.15, -0.1) is 0 Å². The van der Waals surface area contributed by atoms with Crippen LogP contribution in [0.2, 0.25) is 0 Å². The Balaban J connectivity index is 3.22. The summed E-state index contributed by atoms with van der Waals surface area (Å²) >= 11 is 0. The van der Waals surface area contributed by atoms with Gasteiger partial charge in [0, 0.05) is 18.1 Å². The van der Waals surface area contributed by atoms with Crippen molar-refractivity contribution < 1.29 is 8.42 Å². The molecule has 6 heteroatoms. The van der Waals surface area contributed by atoms with Crippen LogP contribution < -0.4 is 9.62 Å². The highest BCUT2D eigenvalue weighted by molar-refractivity contribution is 7.93. The first-order valence-electron chi connectivity index (χ1n) is 6.62. The Morgan fingerprint density at radius 1 is 1.36 bits per heavy atom. The van der Waals surface area contributed by atoms with Gasteiger partial charge in [-0.2, -0.15) is 8.42 Å². The standard InChI is InChI=1S/C16H21N3O2S/c1-7-15(8-2)18-22(20,21)14(6)19(9-3)16-13(5)10-12(4)11-17-16/h7-11,18H,1,3,6H2,2,4-5H3/b15-8+. The molecule has 0 saturated heterocycles. The molecule has 0 saturated carbocycles.